The number of fused-ring (bicyclic) bond motifs is 1. The fourth-order valence-electron chi connectivity index (χ4n) is 3.33. The maximum absolute atomic E-state index is 6.36. The second-order valence-corrected chi connectivity index (χ2v) is 14.5. The maximum Gasteiger partial charge on any atom is 0.192 e. The normalized spacial score (nSPS) is 18.1. The van der Waals surface area contributed by atoms with Gasteiger partial charge in [0.1, 0.15) is 6.23 Å². The molecule has 7 heteroatoms. The van der Waals surface area contributed by atoms with E-state index in [0.29, 0.717) is 6.61 Å². The Kier molecular flexibility index (Phi) is 5.79. The van der Waals surface area contributed by atoms with Crippen LogP contribution in [0.25, 0.3) is 22.3 Å². The predicted octanol–water partition coefficient (Wildman–Crippen LogP) is 5.71. The first-order valence-electron chi connectivity index (χ1n) is 10.8. The van der Waals surface area contributed by atoms with Crippen molar-refractivity contribution in [3.8, 4) is 11.3 Å². The van der Waals surface area contributed by atoms with Gasteiger partial charge in [0.25, 0.3) is 0 Å². The molecule has 0 bridgehead atoms. The van der Waals surface area contributed by atoms with E-state index in [1.807, 2.05) is 35.4 Å². The number of pyridine rings is 2. The van der Waals surface area contributed by atoms with Gasteiger partial charge in [0.05, 0.1) is 29.5 Å². The quantitative estimate of drug-likeness (QED) is 0.491. The first kappa shape index (κ1) is 21.2. The zero-order valence-corrected chi connectivity index (χ0v) is 19.7. The summed E-state index contributed by atoms with van der Waals surface area (Å²) in [6.07, 6.45) is 9.15. The number of rotatable bonds is 5. The lowest BCUT2D eigenvalue weighted by molar-refractivity contribution is -0.0394. The van der Waals surface area contributed by atoms with Gasteiger partial charge in [-0.3, -0.25) is 4.98 Å². The lowest BCUT2D eigenvalue weighted by atomic mass is 10.2. The summed E-state index contributed by atoms with van der Waals surface area (Å²) < 4.78 is 14.1. The molecule has 0 aliphatic carbocycles. The molecule has 0 radical (unpaired) electrons. The van der Waals surface area contributed by atoms with E-state index in [4.69, 9.17) is 14.1 Å². The molecule has 1 saturated heterocycles. The molecule has 1 fully saturated rings. The smallest absolute Gasteiger partial charge is 0.192 e. The molecular formula is C23H32N4O2Si. The van der Waals surface area contributed by atoms with Crippen LogP contribution in [0.15, 0.2) is 36.8 Å². The summed E-state index contributed by atoms with van der Waals surface area (Å²) in [6, 6.07) is 6.11. The van der Waals surface area contributed by atoms with E-state index in [0.717, 1.165) is 47.3 Å². The molecular weight excluding hydrogens is 392 g/mol. The summed E-state index contributed by atoms with van der Waals surface area (Å²) in [5, 5.41) is 4.70. The third kappa shape index (κ3) is 4.48. The highest BCUT2D eigenvalue weighted by Crippen LogP contribution is 2.37. The summed E-state index contributed by atoms with van der Waals surface area (Å²) in [5.41, 5.74) is 4.72. The Morgan fingerprint density at radius 3 is 2.73 bits per heavy atom. The van der Waals surface area contributed by atoms with Gasteiger partial charge in [-0.05, 0) is 61.2 Å². The Hall–Kier alpha value is -2.09. The van der Waals surface area contributed by atoms with E-state index < -0.39 is 8.32 Å². The van der Waals surface area contributed by atoms with Gasteiger partial charge >= 0.3 is 0 Å². The van der Waals surface area contributed by atoms with Gasteiger partial charge in [0, 0.05) is 24.6 Å². The lowest BCUT2D eigenvalue weighted by Crippen LogP contribution is -2.40. The fraction of sp³-hybridized carbons (Fsp3) is 0.522. The number of hydrogen-bond acceptors (Lipinski definition) is 5. The molecule has 3 aromatic rings. The third-order valence-electron chi connectivity index (χ3n) is 6.35. The van der Waals surface area contributed by atoms with Crippen LogP contribution in [0.2, 0.25) is 18.1 Å². The van der Waals surface area contributed by atoms with E-state index in [-0.39, 0.29) is 11.3 Å². The second-order valence-electron chi connectivity index (χ2n) is 9.66. The van der Waals surface area contributed by atoms with Crippen molar-refractivity contribution in [3.05, 3.63) is 42.4 Å². The summed E-state index contributed by atoms with van der Waals surface area (Å²) in [6.45, 7) is 12.7. The van der Waals surface area contributed by atoms with Crippen molar-refractivity contribution < 1.29 is 9.16 Å². The molecule has 1 atom stereocenters. The Morgan fingerprint density at radius 2 is 2.00 bits per heavy atom. The van der Waals surface area contributed by atoms with Gasteiger partial charge < -0.3 is 9.16 Å². The minimum absolute atomic E-state index is 0.0358. The molecule has 30 heavy (non-hydrogen) atoms. The van der Waals surface area contributed by atoms with Gasteiger partial charge in [0.15, 0.2) is 8.32 Å². The molecule has 3 aromatic heterocycles. The molecule has 1 aliphatic heterocycles. The minimum Gasteiger partial charge on any atom is -0.413 e. The average molecular weight is 425 g/mol. The number of ether oxygens (including phenoxy) is 1. The van der Waals surface area contributed by atoms with Crippen LogP contribution in [0, 0.1) is 0 Å². The van der Waals surface area contributed by atoms with Crippen LogP contribution in [-0.2, 0) is 15.8 Å². The minimum atomic E-state index is -1.80. The standard InChI is InChI=1S/C23H32N4O2Si/c1-23(2,3)30(4,5)29-16-17-12-21-20(24-13-17)10-9-19(26-21)18-14-25-27(15-18)22-8-6-7-11-28-22/h9-10,12-15,22H,6-8,11,16H2,1-5H3. The molecule has 0 spiro atoms. The van der Waals surface area contributed by atoms with Crippen molar-refractivity contribution >= 4 is 19.4 Å². The highest BCUT2D eigenvalue weighted by atomic mass is 28.4. The molecule has 1 aliphatic rings. The van der Waals surface area contributed by atoms with Crippen LogP contribution in [-0.4, -0.2) is 34.7 Å². The topological polar surface area (TPSA) is 62.1 Å². The van der Waals surface area contributed by atoms with Crippen LogP contribution in [0.5, 0.6) is 0 Å². The highest BCUT2D eigenvalue weighted by molar-refractivity contribution is 6.74. The molecule has 0 N–H and O–H groups in total. The van der Waals surface area contributed by atoms with E-state index in [1.54, 1.807) is 0 Å². The molecule has 4 rings (SSSR count). The average Bonchev–Trinajstić information content (AvgIpc) is 3.22. The zero-order valence-electron chi connectivity index (χ0n) is 18.7. The van der Waals surface area contributed by atoms with Gasteiger partial charge in [-0.2, -0.15) is 5.10 Å². The zero-order chi connectivity index (χ0) is 21.4. The predicted molar refractivity (Wildman–Crippen MR) is 122 cm³/mol. The number of hydrogen-bond donors (Lipinski definition) is 0. The van der Waals surface area contributed by atoms with E-state index >= 15 is 0 Å². The molecule has 0 aromatic carbocycles. The Bertz CT molecular complexity index is 1020. The van der Waals surface area contributed by atoms with Crippen LogP contribution in [0.4, 0.5) is 0 Å². The Labute approximate surface area is 179 Å². The monoisotopic (exact) mass is 424 g/mol. The molecule has 160 valence electrons. The van der Waals surface area contributed by atoms with Crippen LogP contribution < -0.4 is 0 Å². The Balaban J connectivity index is 1.54. The summed E-state index contributed by atoms with van der Waals surface area (Å²) in [4.78, 5) is 9.45. The van der Waals surface area contributed by atoms with E-state index in [1.165, 1.54) is 6.42 Å². The SMILES string of the molecule is CC(C)(C)[Si](C)(C)OCc1cnc2ccc(-c3cnn(C4CCCCO4)c3)nc2c1. The van der Waals surface area contributed by atoms with Gasteiger partial charge in [-0.25, -0.2) is 9.67 Å². The van der Waals surface area contributed by atoms with Crippen molar-refractivity contribution in [1.29, 1.82) is 0 Å². The van der Waals surface area contributed by atoms with Crippen molar-refractivity contribution in [2.75, 3.05) is 6.61 Å². The molecule has 0 amide bonds. The van der Waals surface area contributed by atoms with Crippen molar-refractivity contribution in [2.24, 2.45) is 0 Å². The summed E-state index contributed by atoms with van der Waals surface area (Å²) in [7, 11) is -1.80. The van der Waals surface area contributed by atoms with Crippen molar-refractivity contribution in [3.63, 3.8) is 0 Å². The van der Waals surface area contributed by atoms with Crippen LogP contribution >= 0.6 is 0 Å². The molecule has 0 saturated carbocycles. The second kappa shape index (κ2) is 8.21. The van der Waals surface area contributed by atoms with E-state index in [2.05, 4.69) is 50.0 Å². The largest absolute Gasteiger partial charge is 0.413 e. The highest BCUT2D eigenvalue weighted by Gasteiger charge is 2.37. The first-order valence-corrected chi connectivity index (χ1v) is 13.7. The molecule has 1 unspecified atom stereocenters. The summed E-state index contributed by atoms with van der Waals surface area (Å²) in [5.74, 6) is 0. The summed E-state index contributed by atoms with van der Waals surface area (Å²) >= 11 is 0. The Morgan fingerprint density at radius 1 is 1.17 bits per heavy atom. The number of nitrogens with zero attached hydrogens (tertiary/aromatic N) is 4. The fourth-order valence-corrected chi connectivity index (χ4v) is 4.29. The maximum atomic E-state index is 6.36. The van der Waals surface area contributed by atoms with Gasteiger partial charge in [-0.15, -0.1) is 0 Å². The van der Waals surface area contributed by atoms with E-state index in [9.17, 15) is 0 Å². The molecule has 6 nitrogen and oxygen atoms in total. The van der Waals surface area contributed by atoms with Gasteiger partial charge in [-0.1, -0.05) is 20.8 Å². The van der Waals surface area contributed by atoms with Crippen LogP contribution in [0.3, 0.4) is 0 Å². The molecule has 4 heterocycles. The first-order chi connectivity index (χ1) is 14.2. The van der Waals surface area contributed by atoms with Crippen molar-refractivity contribution in [1.82, 2.24) is 19.7 Å². The van der Waals surface area contributed by atoms with Crippen molar-refractivity contribution in [2.45, 2.75) is 71.0 Å². The van der Waals surface area contributed by atoms with Gasteiger partial charge in [0.2, 0.25) is 0 Å². The van der Waals surface area contributed by atoms with Crippen LogP contribution in [0.1, 0.15) is 51.8 Å². The lowest BCUT2D eigenvalue weighted by Gasteiger charge is -2.36. The third-order valence-corrected chi connectivity index (χ3v) is 10.8. The number of aromatic nitrogens is 4.